The number of nitrogens with zero attached hydrogens (tertiary/aromatic N) is 1. The van der Waals surface area contributed by atoms with Crippen molar-refractivity contribution in [3.8, 4) is 6.07 Å². The van der Waals surface area contributed by atoms with E-state index in [1.807, 2.05) is 32.9 Å². The van der Waals surface area contributed by atoms with Crippen molar-refractivity contribution in [2.75, 3.05) is 6.54 Å². The minimum atomic E-state index is -0.852. The standard InChI is InChI=1S/C16H23N3O2/c1-4-16(21,5-2)11-18-15(20)19-12(3)14-8-6-13(10-17)7-9-14/h6-9,12,21H,4-5,11H2,1-3H3,(H2,18,19,20). The summed E-state index contributed by atoms with van der Waals surface area (Å²) in [5.41, 5.74) is 0.659. The van der Waals surface area contributed by atoms with Gasteiger partial charge in [-0.15, -0.1) is 0 Å². The van der Waals surface area contributed by atoms with E-state index in [9.17, 15) is 9.90 Å². The molecule has 0 aliphatic heterocycles. The van der Waals surface area contributed by atoms with Crippen molar-refractivity contribution in [2.45, 2.75) is 45.3 Å². The first-order valence-electron chi connectivity index (χ1n) is 7.21. The van der Waals surface area contributed by atoms with Crippen molar-refractivity contribution in [1.82, 2.24) is 10.6 Å². The van der Waals surface area contributed by atoms with Gasteiger partial charge in [-0.2, -0.15) is 5.26 Å². The number of aliphatic hydroxyl groups is 1. The van der Waals surface area contributed by atoms with Crippen LogP contribution in [0.1, 0.15) is 50.8 Å². The summed E-state index contributed by atoms with van der Waals surface area (Å²) >= 11 is 0. The SMILES string of the molecule is CCC(O)(CC)CNC(=O)NC(C)c1ccc(C#N)cc1. The number of carbonyl (C=O) groups excluding carboxylic acids is 1. The fraction of sp³-hybridized carbons (Fsp3) is 0.500. The molecule has 0 heterocycles. The fourth-order valence-electron chi connectivity index (χ4n) is 1.92. The Labute approximate surface area is 126 Å². The largest absolute Gasteiger partial charge is 0.388 e. The summed E-state index contributed by atoms with van der Waals surface area (Å²) in [6.45, 7) is 5.88. The molecular formula is C16H23N3O2. The zero-order valence-electron chi connectivity index (χ0n) is 12.8. The van der Waals surface area contributed by atoms with Crippen molar-refractivity contribution < 1.29 is 9.90 Å². The molecule has 0 saturated carbocycles. The lowest BCUT2D eigenvalue weighted by molar-refractivity contribution is 0.0349. The molecular weight excluding hydrogens is 266 g/mol. The Morgan fingerprint density at radius 2 is 1.90 bits per heavy atom. The molecule has 0 aliphatic carbocycles. The first kappa shape index (κ1) is 17.0. The van der Waals surface area contributed by atoms with Crippen molar-refractivity contribution in [3.63, 3.8) is 0 Å². The van der Waals surface area contributed by atoms with Crippen molar-refractivity contribution in [2.24, 2.45) is 0 Å². The topological polar surface area (TPSA) is 85.2 Å². The molecule has 0 aromatic heterocycles. The second-order valence-corrected chi connectivity index (χ2v) is 5.21. The Morgan fingerprint density at radius 3 is 2.38 bits per heavy atom. The summed E-state index contributed by atoms with van der Waals surface area (Å²) in [5, 5.41) is 24.4. The van der Waals surface area contributed by atoms with E-state index >= 15 is 0 Å². The second-order valence-electron chi connectivity index (χ2n) is 5.21. The molecule has 5 nitrogen and oxygen atoms in total. The Kier molecular flexibility index (Phi) is 6.19. The Bertz CT molecular complexity index is 501. The molecule has 0 saturated heterocycles. The number of urea groups is 1. The molecule has 1 aromatic carbocycles. The van der Waals surface area contributed by atoms with Gasteiger partial charge >= 0.3 is 6.03 Å². The molecule has 0 spiro atoms. The lowest BCUT2D eigenvalue weighted by Gasteiger charge is -2.26. The number of hydrogen-bond donors (Lipinski definition) is 3. The highest BCUT2D eigenvalue weighted by Crippen LogP contribution is 2.14. The van der Waals surface area contributed by atoms with Gasteiger partial charge in [0.05, 0.1) is 23.3 Å². The lowest BCUT2D eigenvalue weighted by atomic mass is 9.98. The predicted molar refractivity (Wildman–Crippen MR) is 81.6 cm³/mol. The lowest BCUT2D eigenvalue weighted by Crippen LogP contribution is -2.46. The van der Waals surface area contributed by atoms with E-state index in [4.69, 9.17) is 5.26 Å². The van der Waals surface area contributed by atoms with Gasteiger partial charge in [-0.1, -0.05) is 26.0 Å². The quantitative estimate of drug-likeness (QED) is 0.752. The van der Waals surface area contributed by atoms with Crippen LogP contribution in [0.15, 0.2) is 24.3 Å². The van der Waals surface area contributed by atoms with Crippen LogP contribution in [-0.2, 0) is 0 Å². The van der Waals surface area contributed by atoms with E-state index in [1.165, 1.54) is 0 Å². The molecule has 1 rings (SSSR count). The van der Waals surface area contributed by atoms with Crippen molar-refractivity contribution >= 4 is 6.03 Å². The molecule has 2 amide bonds. The van der Waals surface area contributed by atoms with E-state index in [0.717, 1.165) is 5.56 Å². The van der Waals surface area contributed by atoms with Gasteiger partial charge in [0.1, 0.15) is 0 Å². The van der Waals surface area contributed by atoms with Crippen LogP contribution < -0.4 is 10.6 Å². The number of hydrogen-bond acceptors (Lipinski definition) is 3. The van der Waals surface area contributed by atoms with Gasteiger partial charge in [0, 0.05) is 6.54 Å². The summed E-state index contributed by atoms with van der Waals surface area (Å²) in [4.78, 5) is 11.8. The molecule has 0 radical (unpaired) electrons. The van der Waals surface area contributed by atoms with E-state index in [2.05, 4.69) is 16.7 Å². The second kappa shape index (κ2) is 7.65. The smallest absolute Gasteiger partial charge is 0.315 e. The highest BCUT2D eigenvalue weighted by atomic mass is 16.3. The summed E-state index contributed by atoms with van der Waals surface area (Å²) in [7, 11) is 0. The van der Waals surface area contributed by atoms with Crippen LogP contribution in [0.5, 0.6) is 0 Å². The van der Waals surface area contributed by atoms with E-state index in [1.54, 1.807) is 12.1 Å². The third-order valence-corrected chi connectivity index (χ3v) is 3.78. The number of nitrogens with one attached hydrogen (secondary N) is 2. The van der Waals surface area contributed by atoms with Gasteiger partial charge in [-0.05, 0) is 37.5 Å². The average molecular weight is 289 g/mol. The number of amides is 2. The van der Waals surface area contributed by atoms with Gasteiger partial charge in [-0.25, -0.2) is 4.79 Å². The monoisotopic (exact) mass is 289 g/mol. The third kappa shape index (κ3) is 5.09. The van der Waals surface area contributed by atoms with Crippen LogP contribution in [0, 0.1) is 11.3 Å². The first-order chi connectivity index (χ1) is 9.94. The molecule has 3 N–H and O–H groups in total. The zero-order valence-corrected chi connectivity index (χ0v) is 12.8. The van der Waals surface area contributed by atoms with Gasteiger partial charge < -0.3 is 15.7 Å². The fourth-order valence-corrected chi connectivity index (χ4v) is 1.92. The Morgan fingerprint density at radius 1 is 1.33 bits per heavy atom. The maximum Gasteiger partial charge on any atom is 0.315 e. The van der Waals surface area contributed by atoms with Crippen LogP contribution in [-0.4, -0.2) is 23.3 Å². The van der Waals surface area contributed by atoms with Crippen LogP contribution in [0.3, 0.4) is 0 Å². The number of nitriles is 1. The van der Waals surface area contributed by atoms with Crippen LogP contribution >= 0.6 is 0 Å². The van der Waals surface area contributed by atoms with Gasteiger partial charge in [0.25, 0.3) is 0 Å². The number of benzene rings is 1. The number of carbonyl (C=O) groups is 1. The minimum Gasteiger partial charge on any atom is -0.388 e. The molecule has 5 heteroatoms. The summed E-state index contributed by atoms with van der Waals surface area (Å²) in [5.74, 6) is 0. The van der Waals surface area contributed by atoms with Crippen LogP contribution in [0.25, 0.3) is 0 Å². The highest BCUT2D eigenvalue weighted by Gasteiger charge is 2.23. The maximum atomic E-state index is 11.8. The van der Waals surface area contributed by atoms with Gasteiger partial charge in [0.15, 0.2) is 0 Å². The Balaban J connectivity index is 2.52. The summed E-state index contributed by atoms with van der Waals surface area (Å²) in [6, 6.07) is 8.65. The predicted octanol–water partition coefficient (Wildman–Crippen LogP) is 2.47. The molecule has 1 aromatic rings. The van der Waals surface area contributed by atoms with E-state index < -0.39 is 5.60 Å². The molecule has 114 valence electrons. The van der Waals surface area contributed by atoms with Crippen LogP contribution in [0.2, 0.25) is 0 Å². The normalized spacial score (nSPS) is 12.3. The average Bonchev–Trinajstić information content (AvgIpc) is 2.52. The van der Waals surface area contributed by atoms with E-state index in [-0.39, 0.29) is 18.6 Å². The summed E-state index contributed by atoms with van der Waals surface area (Å²) in [6.07, 6.45) is 1.18. The molecule has 1 unspecified atom stereocenters. The highest BCUT2D eigenvalue weighted by molar-refractivity contribution is 5.74. The maximum absolute atomic E-state index is 11.8. The minimum absolute atomic E-state index is 0.172. The van der Waals surface area contributed by atoms with Gasteiger partial charge in [0.2, 0.25) is 0 Å². The first-order valence-corrected chi connectivity index (χ1v) is 7.21. The van der Waals surface area contributed by atoms with Crippen molar-refractivity contribution in [1.29, 1.82) is 5.26 Å². The molecule has 0 bridgehead atoms. The molecule has 21 heavy (non-hydrogen) atoms. The van der Waals surface area contributed by atoms with Gasteiger partial charge in [-0.3, -0.25) is 0 Å². The zero-order chi connectivity index (χ0) is 15.9. The Hall–Kier alpha value is -2.06. The number of rotatable bonds is 6. The third-order valence-electron chi connectivity index (χ3n) is 3.78. The van der Waals surface area contributed by atoms with E-state index in [0.29, 0.717) is 18.4 Å². The molecule has 1 atom stereocenters. The van der Waals surface area contributed by atoms with Crippen molar-refractivity contribution in [3.05, 3.63) is 35.4 Å². The molecule has 0 aliphatic rings. The van der Waals surface area contributed by atoms with Crippen LogP contribution in [0.4, 0.5) is 4.79 Å². The molecule has 0 fully saturated rings. The summed E-state index contributed by atoms with van der Waals surface area (Å²) < 4.78 is 0.